The summed E-state index contributed by atoms with van der Waals surface area (Å²) in [4.78, 5) is 16.4. The van der Waals surface area contributed by atoms with Gasteiger partial charge in [0.2, 0.25) is 0 Å². The van der Waals surface area contributed by atoms with Crippen molar-refractivity contribution in [3.63, 3.8) is 0 Å². The Morgan fingerprint density at radius 1 is 1.23 bits per heavy atom. The number of likely N-dealkylation sites (tertiary alicyclic amines) is 1. The lowest BCUT2D eigenvalue weighted by Gasteiger charge is -2.48. The van der Waals surface area contributed by atoms with Crippen LogP contribution in [0.2, 0.25) is 0 Å². The third kappa shape index (κ3) is 3.01. The lowest BCUT2D eigenvalue weighted by atomic mass is 9.68. The van der Waals surface area contributed by atoms with Crippen molar-refractivity contribution in [3.8, 4) is 0 Å². The minimum absolute atomic E-state index is 0.0504. The Balaban J connectivity index is 1.38. The van der Waals surface area contributed by atoms with Gasteiger partial charge in [0, 0.05) is 50.7 Å². The molecule has 1 atom stereocenters. The average molecular weight is 372 g/mol. The molecule has 4 saturated heterocycles. The molecule has 1 unspecified atom stereocenters. The highest BCUT2D eigenvalue weighted by Crippen LogP contribution is 2.54. The van der Waals surface area contributed by atoms with E-state index >= 15 is 0 Å². The van der Waals surface area contributed by atoms with E-state index in [0.29, 0.717) is 32.7 Å². The number of rotatable bonds is 2. The normalized spacial score (nSPS) is 39.3. The van der Waals surface area contributed by atoms with E-state index in [1.165, 1.54) is 0 Å². The Bertz CT molecular complexity index is 578. The number of amides is 1. The molecule has 2 bridgehead atoms. The molecule has 5 rings (SSSR count). The Morgan fingerprint density at radius 3 is 2.58 bits per heavy atom. The zero-order valence-corrected chi connectivity index (χ0v) is 16.0. The van der Waals surface area contributed by atoms with Crippen LogP contribution in [0.5, 0.6) is 0 Å². The summed E-state index contributed by atoms with van der Waals surface area (Å²) in [6.45, 7) is 8.52. The molecule has 0 radical (unpaired) electrons. The Morgan fingerprint density at radius 2 is 1.96 bits per heavy atom. The van der Waals surface area contributed by atoms with E-state index in [4.69, 9.17) is 9.47 Å². The lowest BCUT2D eigenvalue weighted by Crippen LogP contribution is -2.58. The lowest BCUT2D eigenvalue weighted by molar-refractivity contribution is -0.170. The van der Waals surface area contributed by atoms with Crippen molar-refractivity contribution in [2.45, 2.75) is 64.0 Å². The van der Waals surface area contributed by atoms with Crippen molar-refractivity contribution in [2.24, 2.45) is 10.8 Å². The summed E-state index contributed by atoms with van der Waals surface area (Å²) in [6, 6.07) is 0.250. The topological polar surface area (TPSA) is 42.0 Å². The first-order chi connectivity index (χ1) is 12.0. The molecule has 0 N–H and O–H groups in total. The predicted molar refractivity (Wildman–Crippen MR) is 92.3 cm³/mol. The second-order valence-corrected chi connectivity index (χ2v) is 9.92. The van der Waals surface area contributed by atoms with Crippen molar-refractivity contribution in [1.82, 2.24) is 9.80 Å². The Kier molecular flexibility index (Phi) is 4.09. The van der Waals surface area contributed by atoms with Crippen LogP contribution < -0.4 is 0 Å². The number of carbonyl (C=O) groups excluding carboxylic acids is 1. The van der Waals surface area contributed by atoms with Crippen LogP contribution in [-0.2, 0) is 9.47 Å². The fraction of sp³-hybridized carbons (Fsp3) is 0.947. The summed E-state index contributed by atoms with van der Waals surface area (Å²) in [5.41, 5.74) is -1.46. The monoisotopic (exact) mass is 372 g/mol. The first-order valence-electron chi connectivity index (χ1n) is 9.71. The highest BCUT2D eigenvalue weighted by atomic mass is 19.3. The van der Waals surface area contributed by atoms with E-state index in [9.17, 15) is 13.6 Å². The van der Waals surface area contributed by atoms with E-state index in [1.807, 2.05) is 25.7 Å². The third-order valence-corrected chi connectivity index (χ3v) is 6.62. The average Bonchev–Trinajstić information content (AvgIpc) is 3.15. The summed E-state index contributed by atoms with van der Waals surface area (Å²) in [7, 11) is 0. The Hall–Kier alpha value is -0.950. The van der Waals surface area contributed by atoms with Crippen LogP contribution in [-0.4, -0.2) is 72.9 Å². The zero-order chi connectivity index (χ0) is 18.8. The van der Waals surface area contributed by atoms with Crippen molar-refractivity contribution in [2.75, 3.05) is 39.4 Å². The molecular formula is C19H30F2N2O3. The van der Waals surface area contributed by atoms with Crippen molar-refractivity contribution >= 4 is 6.09 Å². The molecule has 1 aliphatic carbocycles. The number of nitrogens with zero attached hydrogens (tertiary/aromatic N) is 2. The summed E-state index contributed by atoms with van der Waals surface area (Å²) >= 11 is 0. The van der Waals surface area contributed by atoms with Gasteiger partial charge in [0.1, 0.15) is 5.60 Å². The molecule has 5 nitrogen and oxygen atoms in total. The first kappa shape index (κ1) is 18.4. The molecule has 5 aliphatic rings. The Labute approximate surface area is 154 Å². The van der Waals surface area contributed by atoms with Gasteiger partial charge in [-0.2, -0.15) is 0 Å². The van der Waals surface area contributed by atoms with Crippen LogP contribution in [0.3, 0.4) is 0 Å². The molecule has 0 aromatic carbocycles. The van der Waals surface area contributed by atoms with Gasteiger partial charge in [-0.25, -0.2) is 13.6 Å². The fourth-order valence-corrected chi connectivity index (χ4v) is 5.31. The van der Waals surface area contributed by atoms with Gasteiger partial charge >= 0.3 is 6.09 Å². The van der Waals surface area contributed by atoms with Crippen LogP contribution in [0, 0.1) is 10.8 Å². The number of piperidine rings is 1. The fourth-order valence-electron chi connectivity index (χ4n) is 5.31. The molecule has 26 heavy (non-hydrogen) atoms. The maximum absolute atomic E-state index is 14.5. The number of alkyl halides is 2. The first-order valence-corrected chi connectivity index (χ1v) is 9.71. The van der Waals surface area contributed by atoms with Crippen molar-refractivity contribution < 1.29 is 23.0 Å². The summed E-state index contributed by atoms with van der Waals surface area (Å²) in [5, 5.41) is 0. The van der Waals surface area contributed by atoms with Crippen LogP contribution >= 0.6 is 0 Å². The molecule has 148 valence electrons. The molecule has 0 aromatic heterocycles. The minimum atomic E-state index is -2.64. The van der Waals surface area contributed by atoms with E-state index < -0.39 is 16.9 Å². The maximum atomic E-state index is 14.5. The van der Waals surface area contributed by atoms with Gasteiger partial charge in [0.05, 0.1) is 12.0 Å². The quantitative estimate of drug-likeness (QED) is 0.747. The van der Waals surface area contributed by atoms with Gasteiger partial charge in [-0.3, -0.25) is 0 Å². The predicted octanol–water partition coefficient (Wildman–Crippen LogP) is 3.13. The summed E-state index contributed by atoms with van der Waals surface area (Å²) < 4.78 is 39.9. The van der Waals surface area contributed by atoms with Gasteiger partial charge in [-0.15, -0.1) is 0 Å². The van der Waals surface area contributed by atoms with Crippen molar-refractivity contribution in [1.29, 1.82) is 0 Å². The molecular weight excluding hydrogens is 342 g/mol. The molecule has 0 aromatic rings. The summed E-state index contributed by atoms with van der Waals surface area (Å²) in [5.74, 6) is -2.64. The van der Waals surface area contributed by atoms with Gasteiger partial charge in [-0.1, -0.05) is 0 Å². The number of hydrogen-bond acceptors (Lipinski definition) is 4. The second kappa shape index (κ2) is 5.77. The minimum Gasteiger partial charge on any atom is -0.444 e. The molecule has 7 heteroatoms. The number of halogens is 2. The molecule has 4 heterocycles. The van der Waals surface area contributed by atoms with Gasteiger partial charge in [0.15, 0.2) is 0 Å². The molecule has 4 aliphatic heterocycles. The molecule has 1 spiro atoms. The standard InChI is InChI=1S/C19H30F2N2O3/c1-16(2,3)26-15(24)23-11-17(8-14(23)9-17)10-22-6-4-19(20,21)18(12-22)5-7-25-13-18/h14H,4-13H2,1-3H3. The van der Waals surface area contributed by atoms with Gasteiger partial charge in [0.25, 0.3) is 5.92 Å². The maximum Gasteiger partial charge on any atom is 0.410 e. The number of carbonyl (C=O) groups is 1. The number of fused-ring (bicyclic) bond motifs is 1. The van der Waals surface area contributed by atoms with Gasteiger partial charge < -0.3 is 19.3 Å². The second-order valence-electron chi connectivity index (χ2n) is 9.92. The van der Waals surface area contributed by atoms with Crippen LogP contribution in [0.4, 0.5) is 13.6 Å². The largest absolute Gasteiger partial charge is 0.444 e. The van der Waals surface area contributed by atoms with Crippen LogP contribution in [0.1, 0.15) is 46.5 Å². The zero-order valence-electron chi connectivity index (χ0n) is 16.0. The summed E-state index contributed by atoms with van der Waals surface area (Å²) in [6.07, 6.45) is 2.03. The van der Waals surface area contributed by atoms with E-state index in [0.717, 1.165) is 19.4 Å². The smallest absolute Gasteiger partial charge is 0.410 e. The SMILES string of the molecule is CC(C)(C)OC(=O)N1CC2(CN3CCC(F)(F)C4(CCOC4)C3)CC1C2. The molecule has 5 fully saturated rings. The highest BCUT2D eigenvalue weighted by molar-refractivity contribution is 5.70. The van der Waals surface area contributed by atoms with E-state index in [1.54, 1.807) is 0 Å². The molecule has 1 amide bonds. The van der Waals surface area contributed by atoms with Crippen LogP contribution in [0.15, 0.2) is 0 Å². The van der Waals surface area contributed by atoms with Crippen molar-refractivity contribution in [3.05, 3.63) is 0 Å². The number of hydrogen-bond donors (Lipinski definition) is 0. The highest BCUT2D eigenvalue weighted by Gasteiger charge is 2.61. The number of ether oxygens (including phenoxy) is 2. The van der Waals surface area contributed by atoms with E-state index in [2.05, 4.69) is 4.90 Å². The van der Waals surface area contributed by atoms with Gasteiger partial charge in [-0.05, 0) is 40.0 Å². The third-order valence-electron chi connectivity index (χ3n) is 6.62. The van der Waals surface area contributed by atoms with Crippen LogP contribution in [0.25, 0.3) is 0 Å². The molecule has 1 saturated carbocycles. The van der Waals surface area contributed by atoms with E-state index in [-0.39, 0.29) is 30.6 Å².